The van der Waals surface area contributed by atoms with Crippen molar-refractivity contribution in [3.05, 3.63) is 86.8 Å². The number of hydrazine groups is 1. The maximum absolute atomic E-state index is 12.8. The molecule has 6 nitrogen and oxygen atoms in total. The predicted molar refractivity (Wildman–Crippen MR) is 111 cm³/mol. The van der Waals surface area contributed by atoms with Crippen molar-refractivity contribution in [2.45, 2.75) is 20.8 Å². The number of nitrogens with one attached hydrogen (secondary N) is 1. The van der Waals surface area contributed by atoms with E-state index in [-0.39, 0.29) is 5.69 Å². The van der Waals surface area contributed by atoms with Crippen LogP contribution in [0.25, 0.3) is 5.69 Å². The third-order valence-corrected chi connectivity index (χ3v) is 4.54. The van der Waals surface area contributed by atoms with Crippen LogP contribution in [0.5, 0.6) is 0 Å². The van der Waals surface area contributed by atoms with E-state index in [9.17, 15) is 9.59 Å². The number of carbonyl (C=O) groups is 1. The van der Waals surface area contributed by atoms with Crippen molar-refractivity contribution < 1.29 is 4.79 Å². The second-order valence-corrected chi connectivity index (χ2v) is 6.84. The van der Waals surface area contributed by atoms with Crippen molar-refractivity contribution in [2.75, 3.05) is 11.6 Å². The van der Waals surface area contributed by atoms with Gasteiger partial charge < -0.3 is 0 Å². The Balaban J connectivity index is 1.92. The molecule has 0 aliphatic carbocycles. The van der Waals surface area contributed by atoms with Crippen molar-refractivity contribution >= 4 is 23.2 Å². The van der Waals surface area contributed by atoms with Crippen LogP contribution < -0.4 is 15.9 Å². The lowest BCUT2D eigenvalue weighted by atomic mass is 10.2. The highest BCUT2D eigenvalue weighted by Crippen LogP contribution is 2.15. The van der Waals surface area contributed by atoms with Gasteiger partial charge in [-0.3, -0.25) is 20.0 Å². The molecule has 0 saturated carbocycles. The molecular formula is C21H21ClN4O2. The fraction of sp³-hybridized carbons (Fsp3) is 0.190. The molecule has 0 radical (unpaired) electrons. The van der Waals surface area contributed by atoms with E-state index in [1.165, 1.54) is 6.07 Å². The Morgan fingerprint density at radius 1 is 1.11 bits per heavy atom. The summed E-state index contributed by atoms with van der Waals surface area (Å²) >= 11 is 5.94. The number of anilines is 1. The van der Waals surface area contributed by atoms with Crippen LogP contribution in [0.1, 0.15) is 28.7 Å². The average molecular weight is 397 g/mol. The summed E-state index contributed by atoms with van der Waals surface area (Å²) in [5.41, 5.74) is 5.44. The second kappa shape index (κ2) is 8.27. The number of rotatable bonds is 5. The van der Waals surface area contributed by atoms with Gasteiger partial charge in [-0.25, -0.2) is 4.68 Å². The molecule has 28 heavy (non-hydrogen) atoms. The summed E-state index contributed by atoms with van der Waals surface area (Å²) in [7, 11) is 0. The molecule has 0 spiro atoms. The number of hydrogen-bond acceptors (Lipinski definition) is 4. The number of carbonyl (C=O) groups excluding carboxylic acids is 1. The molecule has 1 N–H and O–H groups in total. The lowest BCUT2D eigenvalue weighted by molar-refractivity contribution is 0.0941. The summed E-state index contributed by atoms with van der Waals surface area (Å²) in [5, 5.41) is 6.56. The van der Waals surface area contributed by atoms with Crippen LogP contribution in [0.4, 0.5) is 5.69 Å². The number of aryl methyl sites for hydroxylation is 2. The number of halogens is 1. The number of nitrogens with zero attached hydrogens (tertiary/aromatic N) is 3. The van der Waals surface area contributed by atoms with Crippen molar-refractivity contribution in [3.63, 3.8) is 0 Å². The molecule has 0 fully saturated rings. The largest absolute Gasteiger partial charge is 0.294 e. The first kappa shape index (κ1) is 19.6. The van der Waals surface area contributed by atoms with Gasteiger partial charge in [0.25, 0.3) is 5.91 Å². The van der Waals surface area contributed by atoms with Crippen LogP contribution in [0, 0.1) is 13.8 Å². The monoisotopic (exact) mass is 396 g/mol. The van der Waals surface area contributed by atoms with Gasteiger partial charge in [0.05, 0.1) is 11.4 Å². The summed E-state index contributed by atoms with van der Waals surface area (Å²) < 4.78 is 1.55. The van der Waals surface area contributed by atoms with Crippen LogP contribution >= 0.6 is 11.6 Å². The molecule has 7 heteroatoms. The maximum atomic E-state index is 12.8. The first-order valence-electron chi connectivity index (χ1n) is 8.91. The third kappa shape index (κ3) is 4.23. The fourth-order valence-electron chi connectivity index (χ4n) is 2.77. The van der Waals surface area contributed by atoms with Crippen molar-refractivity contribution in [2.24, 2.45) is 0 Å². The Bertz CT molecular complexity index is 1040. The molecule has 1 aromatic heterocycles. The molecular weight excluding hydrogens is 376 g/mol. The van der Waals surface area contributed by atoms with E-state index in [4.69, 9.17) is 11.6 Å². The van der Waals surface area contributed by atoms with E-state index >= 15 is 0 Å². The van der Waals surface area contributed by atoms with Crippen molar-refractivity contribution in [3.8, 4) is 5.69 Å². The molecule has 0 aliphatic rings. The quantitative estimate of drug-likeness (QED) is 0.668. The number of hydrogen-bond donors (Lipinski definition) is 1. The molecule has 0 bridgehead atoms. The van der Waals surface area contributed by atoms with Crippen molar-refractivity contribution in [1.29, 1.82) is 0 Å². The average Bonchev–Trinajstić information content (AvgIpc) is 2.68. The van der Waals surface area contributed by atoms with Crippen LogP contribution in [-0.4, -0.2) is 22.2 Å². The minimum atomic E-state index is -0.560. The van der Waals surface area contributed by atoms with Crippen LogP contribution in [-0.2, 0) is 0 Å². The van der Waals surface area contributed by atoms with Gasteiger partial charge in [0.2, 0.25) is 5.43 Å². The first-order valence-corrected chi connectivity index (χ1v) is 9.29. The van der Waals surface area contributed by atoms with E-state index in [1.807, 2.05) is 38.1 Å². The summed E-state index contributed by atoms with van der Waals surface area (Å²) in [6.07, 6.45) is 0. The Hall–Kier alpha value is -3.12. The zero-order valence-electron chi connectivity index (χ0n) is 15.9. The normalized spacial score (nSPS) is 10.6. The number of amides is 1. The maximum Gasteiger partial charge on any atom is 0.294 e. The summed E-state index contributed by atoms with van der Waals surface area (Å²) in [6, 6.07) is 16.2. The molecule has 3 aromatic rings. The van der Waals surface area contributed by atoms with E-state index in [0.717, 1.165) is 11.3 Å². The van der Waals surface area contributed by atoms with Crippen LogP contribution in [0.2, 0.25) is 5.02 Å². The zero-order chi connectivity index (χ0) is 20.3. The Morgan fingerprint density at radius 3 is 2.36 bits per heavy atom. The number of benzene rings is 2. The Labute approximate surface area is 168 Å². The van der Waals surface area contributed by atoms with Gasteiger partial charge in [0, 0.05) is 23.3 Å². The fourth-order valence-corrected chi connectivity index (χ4v) is 2.90. The van der Waals surface area contributed by atoms with E-state index in [2.05, 4.69) is 10.5 Å². The topological polar surface area (TPSA) is 67.2 Å². The highest BCUT2D eigenvalue weighted by Gasteiger charge is 2.18. The van der Waals surface area contributed by atoms with Gasteiger partial charge >= 0.3 is 0 Å². The lowest BCUT2D eigenvalue weighted by Gasteiger charge is -2.23. The minimum absolute atomic E-state index is 0.175. The third-order valence-electron chi connectivity index (χ3n) is 4.29. The van der Waals surface area contributed by atoms with E-state index in [0.29, 0.717) is 22.9 Å². The summed E-state index contributed by atoms with van der Waals surface area (Å²) in [5.74, 6) is -0.560. The molecule has 0 aliphatic heterocycles. The highest BCUT2D eigenvalue weighted by molar-refractivity contribution is 6.30. The van der Waals surface area contributed by atoms with Gasteiger partial charge in [-0.1, -0.05) is 29.3 Å². The molecule has 144 valence electrons. The van der Waals surface area contributed by atoms with Gasteiger partial charge in [0.15, 0.2) is 5.69 Å². The summed E-state index contributed by atoms with van der Waals surface area (Å²) in [6.45, 7) is 6.20. The predicted octanol–water partition coefficient (Wildman–Crippen LogP) is 3.67. The van der Waals surface area contributed by atoms with Gasteiger partial charge in [-0.2, -0.15) is 5.10 Å². The Morgan fingerprint density at radius 2 is 1.75 bits per heavy atom. The smallest absolute Gasteiger partial charge is 0.287 e. The lowest BCUT2D eigenvalue weighted by Crippen LogP contribution is -2.44. The van der Waals surface area contributed by atoms with Gasteiger partial charge in [0.1, 0.15) is 0 Å². The Kier molecular flexibility index (Phi) is 5.80. The minimum Gasteiger partial charge on any atom is -0.287 e. The highest BCUT2D eigenvalue weighted by atomic mass is 35.5. The molecule has 3 rings (SSSR count). The first-order chi connectivity index (χ1) is 13.4. The van der Waals surface area contributed by atoms with Crippen LogP contribution in [0.3, 0.4) is 0 Å². The molecule has 1 amide bonds. The molecule has 2 aromatic carbocycles. The molecule has 0 atom stereocenters. The van der Waals surface area contributed by atoms with Gasteiger partial charge in [-0.15, -0.1) is 0 Å². The summed E-state index contributed by atoms with van der Waals surface area (Å²) in [4.78, 5) is 25.2. The van der Waals surface area contributed by atoms with Gasteiger partial charge in [-0.05, 0) is 57.2 Å². The second-order valence-electron chi connectivity index (χ2n) is 6.41. The molecule has 0 saturated heterocycles. The zero-order valence-corrected chi connectivity index (χ0v) is 16.7. The van der Waals surface area contributed by atoms with E-state index in [1.54, 1.807) is 40.9 Å². The van der Waals surface area contributed by atoms with E-state index < -0.39 is 11.3 Å². The molecule has 0 unspecified atom stereocenters. The van der Waals surface area contributed by atoms with Crippen LogP contribution in [0.15, 0.2) is 59.4 Å². The number of aromatic nitrogens is 2. The SMILES string of the molecule is CCN(NC(=O)c1nn(-c2ccc(Cl)cc2)c(C)cc1=O)c1ccc(C)cc1. The standard InChI is InChI=1S/C21H21ClN4O2/c1-4-25(17-9-5-14(2)6-10-17)24-21(28)20-19(27)13-15(3)26(23-20)18-11-7-16(22)8-12-18/h5-13H,4H2,1-3H3,(H,24,28). The molecule has 1 heterocycles. The van der Waals surface area contributed by atoms with Crippen molar-refractivity contribution in [1.82, 2.24) is 15.2 Å².